The van der Waals surface area contributed by atoms with E-state index < -0.39 is 9.58 Å². The molecular formula is C13H10Cl3NO. The van der Waals surface area contributed by atoms with Gasteiger partial charge in [-0.3, -0.25) is 4.79 Å². The Labute approximate surface area is 120 Å². The molecule has 0 spiro atoms. The number of fused-ring (bicyclic) bond motifs is 1. The van der Waals surface area contributed by atoms with Crippen molar-refractivity contribution in [3.05, 3.63) is 47.7 Å². The number of anilines is 1. The number of ketones is 1. The van der Waals surface area contributed by atoms with Gasteiger partial charge in [-0.15, -0.1) is 0 Å². The van der Waals surface area contributed by atoms with Crippen molar-refractivity contribution in [2.45, 2.75) is 3.79 Å². The van der Waals surface area contributed by atoms with E-state index in [0.717, 1.165) is 11.3 Å². The van der Waals surface area contributed by atoms with Crippen LogP contribution >= 0.6 is 34.8 Å². The van der Waals surface area contributed by atoms with Crippen molar-refractivity contribution < 1.29 is 4.79 Å². The van der Waals surface area contributed by atoms with Gasteiger partial charge in [-0.1, -0.05) is 59.1 Å². The maximum Gasteiger partial charge on any atom is 0.252 e. The molecule has 94 valence electrons. The normalized spacial score (nSPS) is 16.9. The average molecular weight is 303 g/mol. The van der Waals surface area contributed by atoms with Gasteiger partial charge in [0.05, 0.1) is 0 Å². The highest BCUT2D eigenvalue weighted by molar-refractivity contribution is 6.77. The average Bonchev–Trinajstić information content (AvgIpc) is 2.32. The van der Waals surface area contributed by atoms with Crippen LogP contribution in [-0.4, -0.2) is 16.6 Å². The van der Waals surface area contributed by atoms with Crippen LogP contribution in [0.2, 0.25) is 0 Å². The van der Waals surface area contributed by atoms with Gasteiger partial charge in [-0.25, -0.2) is 0 Å². The number of alkyl halides is 3. The summed E-state index contributed by atoms with van der Waals surface area (Å²) in [6, 6.07) is 7.85. The molecule has 1 aromatic rings. The molecule has 5 heteroatoms. The van der Waals surface area contributed by atoms with E-state index in [-0.39, 0.29) is 0 Å². The van der Waals surface area contributed by atoms with Crippen LogP contribution in [0.1, 0.15) is 5.56 Å². The Balaban J connectivity index is 2.36. The zero-order valence-corrected chi connectivity index (χ0v) is 11.8. The second-order valence-electron chi connectivity index (χ2n) is 3.88. The van der Waals surface area contributed by atoms with Crippen molar-refractivity contribution >= 4 is 52.3 Å². The lowest BCUT2D eigenvalue weighted by molar-refractivity contribution is -0.113. The van der Waals surface area contributed by atoms with E-state index in [2.05, 4.69) is 0 Å². The van der Waals surface area contributed by atoms with Crippen molar-refractivity contribution in [3.8, 4) is 0 Å². The van der Waals surface area contributed by atoms with Crippen molar-refractivity contribution in [2.24, 2.45) is 0 Å². The van der Waals surface area contributed by atoms with E-state index >= 15 is 0 Å². The highest BCUT2D eigenvalue weighted by Gasteiger charge is 2.29. The molecule has 1 aliphatic rings. The number of hydrogen-bond acceptors (Lipinski definition) is 2. The third-order valence-electron chi connectivity index (χ3n) is 2.68. The molecule has 1 aliphatic heterocycles. The molecule has 0 aliphatic carbocycles. The largest absolute Gasteiger partial charge is 0.344 e. The second-order valence-corrected chi connectivity index (χ2v) is 6.16. The van der Waals surface area contributed by atoms with Crippen LogP contribution in [0.15, 0.2) is 42.1 Å². The molecule has 0 amide bonds. The predicted molar refractivity (Wildman–Crippen MR) is 77.3 cm³/mol. The van der Waals surface area contributed by atoms with Gasteiger partial charge in [0.15, 0.2) is 0 Å². The number of hydrogen-bond donors (Lipinski definition) is 0. The molecule has 0 N–H and O–H groups in total. The van der Waals surface area contributed by atoms with Crippen molar-refractivity contribution in [2.75, 3.05) is 11.9 Å². The van der Waals surface area contributed by atoms with Gasteiger partial charge < -0.3 is 4.90 Å². The Hall–Kier alpha value is -0.960. The summed E-state index contributed by atoms with van der Waals surface area (Å²) in [4.78, 5) is 13.5. The van der Waals surface area contributed by atoms with Gasteiger partial charge in [0.2, 0.25) is 5.78 Å². The zero-order valence-electron chi connectivity index (χ0n) is 9.53. The number of carbonyl (C=O) groups excluding carboxylic acids is 1. The van der Waals surface area contributed by atoms with Gasteiger partial charge in [-0.05, 0) is 17.7 Å². The Bertz CT molecular complexity index is 543. The summed E-state index contributed by atoms with van der Waals surface area (Å²) in [6.45, 7) is 0. The molecule has 0 saturated carbocycles. The lowest BCUT2D eigenvalue weighted by Crippen LogP contribution is -2.23. The summed E-state index contributed by atoms with van der Waals surface area (Å²) in [6.07, 6.45) is 5.07. The summed E-state index contributed by atoms with van der Waals surface area (Å²) < 4.78 is -1.92. The smallest absolute Gasteiger partial charge is 0.252 e. The van der Waals surface area contributed by atoms with Crippen LogP contribution in [0.4, 0.5) is 5.69 Å². The Kier molecular flexibility index (Phi) is 3.71. The third-order valence-corrected chi connectivity index (χ3v) is 3.24. The maximum atomic E-state index is 11.7. The molecule has 0 saturated heterocycles. The topological polar surface area (TPSA) is 20.3 Å². The first-order valence-corrected chi connectivity index (χ1v) is 6.36. The first kappa shape index (κ1) is 13.5. The molecule has 0 atom stereocenters. The number of benzene rings is 1. The second kappa shape index (κ2) is 4.96. The Morgan fingerprint density at radius 1 is 1.22 bits per heavy atom. The summed E-state index contributed by atoms with van der Waals surface area (Å²) in [5, 5.41) is 0. The molecular weight excluding hydrogens is 293 g/mol. The van der Waals surface area contributed by atoms with Crippen LogP contribution in [-0.2, 0) is 4.79 Å². The number of para-hydroxylation sites is 1. The first-order valence-electron chi connectivity index (χ1n) is 5.23. The molecule has 18 heavy (non-hydrogen) atoms. The first-order chi connectivity index (χ1) is 8.39. The van der Waals surface area contributed by atoms with Crippen molar-refractivity contribution in [1.29, 1.82) is 0 Å². The van der Waals surface area contributed by atoms with E-state index in [1.54, 1.807) is 0 Å². The van der Waals surface area contributed by atoms with Crippen LogP contribution < -0.4 is 4.90 Å². The highest BCUT2D eigenvalue weighted by Crippen LogP contribution is 2.32. The standard InChI is InChI=1S/C13H10Cl3NO/c1-17-10(8-12(18)13(14,15)16)7-6-9-4-2-3-5-11(9)17/h2-8H,1H3. The molecule has 0 radical (unpaired) electrons. The van der Waals surface area contributed by atoms with Gasteiger partial charge in [0, 0.05) is 24.5 Å². The molecule has 0 unspecified atom stereocenters. The summed E-state index contributed by atoms with van der Waals surface area (Å²) in [5.74, 6) is -0.557. The number of allylic oxidation sites excluding steroid dienone is 2. The Morgan fingerprint density at radius 3 is 2.56 bits per heavy atom. The monoisotopic (exact) mass is 301 g/mol. The molecule has 0 aromatic heterocycles. The Morgan fingerprint density at radius 2 is 1.89 bits per heavy atom. The summed E-state index contributed by atoms with van der Waals surface area (Å²) in [7, 11) is 1.86. The van der Waals surface area contributed by atoms with Crippen LogP contribution in [0.5, 0.6) is 0 Å². The van der Waals surface area contributed by atoms with Gasteiger partial charge in [0.1, 0.15) is 0 Å². The van der Waals surface area contributed by atoms with Crippen LogP contribution in [0.3, 0.4) is 0 Å². The summed E-state index contributed by atoms with van der Waals surface area (Å²) >= 11 is 16.6. The van der Waals surface area contributed by atoms with Gasteiger partial charge in [0.25, 0.3) is 3.79 Å². The third kappa shape index (κ3) is 2.72. The molecule has 1 aromatic carbocycles. The van der Waals surface area contributed by atoms with Crippen molar-refractivity contribution in [1.82, 2.24) is 0 Å². The highest BCUT2D eigenvalue weighted by atomic mass is 35.6. The van der Waals surface area contributed by atoms with E-state index in [0.29, 0.717) is 5.70 Å². The number of likely N-dealkylation sites (N-methyl/N-ethyl adjacent to an activating group) is 1. The predicted octanol–water partition coefficient (Wildman–Crippen LogP) is 3.97. The van der Waals surface area contributed by atoms with E-state index in [9.17, 15) is 4.79 Å². The molecule has 1 heterocycles. The number of nitrogens with zero attached hydrogens (tertiary/aromatic N) is 1. The number of rotatable bonds is 1. The molecule has 0 fully saturated rings. The SMILES string of the molecule is CN1C(=CC(=O)C(Cl)(Cl)Cl)C=Cc2ccccc21. The van der Waals surface area contributed by atoms with Crippen LogP contribution in [0.25, 0.3) is 6.08 Å². The fourth-order valence-corrected chi connectivity index (χ4v) is 1.88. The lowest BCUT2D eigenvalue weighted by Gasteiger charge is -2.26. The molecule has 2 rings (SSSR count). The number of halogens is 3. The fourth-order valence-electron chi connectivity index (χ4n) is 1.72. The number of carbonyl (C=O) groups is 1. The fraction of sp³-hybridized carbons (Fsp3) is 0.154. The van der Waals surface area contributed by atoms with E-state index in [1.165, 1.54) is 6.08 Å². The van der Waals surface area contributed by atoms with Crippen molar-refractivity contribution in [3.63, 3.8) is 0 Å². The van der Waals surface area contributed by atoms with E-state index in [4.69, 9.17) is 34.8 Å². The minimum Gasteiger partial charge on any atom is -0.344 e. The molecule has 2 nitrogen and oxygen atoms in total. The summed E-state index contributed by atoms with van der Waals surface area (Å²) in [5.41, 5.74) is 2.77. The van der Waals surface area contributed by atoms with Gasteiger partial charge in [-0.2, -0.15) is 0 Å². The van der Waals surface area contributed by atoms with Crippen LogP contribution in [0, 0.1) is 0 Å². The lowest BCUT2D eigenvalue weighted by atomic mass is 10.1. The molecule has 0 bridgehead atoms. The maximum absolute atomic E-state index is 11.7. The minimum atomic E-state index is -1.92. The van der Waals surface area contributed by atoms with Gasteiger partial charge >= 0.3 is 0 Å². The quantitative estimate of drug-likeness (QED) is 0.578. The minimum absolute atomic E-state index is 0.557. The van der Waals surface area contributed by atoms with E-state index in [1.807, 2.05) is 48.4 Å². The zero-order chi connectivity index (χ0) is 13.3.